The second-order valence-electron chi connectivity index (χ2n) is 6.39. The minimum atomic E-state index is -4.90. The topological polar surface area (TPSA) is 81.3 Å². The molecule has 0 bridgehead atoms. The average molecular weight is 355 g/mol. The first-order valence-electron chi connectivity index (χ1n) is 7.58. The van der Waals surface area contributed by atoms with E-state index in [4.69, 9.17) is 10.5 Å². The van der Waals surface area contributed by atoms with E-state index in [9.17, 15) is 22.7 Å². The average Bonchev–Trinajstić information content (AvgIpc) is 3.27. The monoisotopic (exact) mass is 355 g/mol. The van der Waals surface area contributed by atoms with E-state index in [0.717, 1.165) is 12.8 Å². The lowest BCUT2D eigenvalue weighted by atomic mass is 9.93. The molecule has 0 atom stereocenters. The Morgan fingerprint density at radius 1 is 1.16 bits per heavy atom. The number of aromatic hydroxyl groups is 1. The number of nitrogen functional groups attached to an aromatic ring is 1. The molecule has 132 valence electrons. The largest absolute Gasteiger partial charge is 0.507 e. The van der Waals surface area contributed by atoms with E-state index in [-0.39, 0.29) is 29.3 Å². The molecular formula is C16H13F4N3O2. The van der Waals surface area contributed by atoms with Gasteiger partial charge in [0.1, 0.15) is 17.3 Å². The summed E-state index contributed by atoms with van der Waals surface area (Å²) in [6.07, 6.45) is -2.76. The van der Waals surface area contributed by atoms with E-state index in [2.05, 4.69) is 10.2 Å². The molecule has 1 spiro atoms. The molecule has 9 heteroatoms. The number of fused-ring (bicyclic) bond motifs is 1. The molecule has 1 aliphatic carbocycles. The molecule has 1 aromatic heterocycles. The summed E-state index contributed by atoms with van der Waals surface area (Å²) in [7, 11) is 0. The van der Waals surface area contributed by atoms with Gasteiger partial charge < -0.3 is 15.6 Å². The lowest BCUT2D eigenvalue weighted by Gasteiger charge is -2.27. The zero-order valence-corrected chi connectivity index (χ0v) is 12.8. The van der Waals surface area contributed by atoms with Crippen molar-refractivity contribution < 1.29 is 27.4 Å². The molecule has 3 N–H and O–H groups in total. The van der Waals surface area contributed by atoms with Gasteiger partial charge in [-0.25, -0.2) is 4.39 Å². The quantitative estimate of drug-likeness (QED) is 0.768. The van der Waals surface area contributed by atoms with Crippen molar-refractivity contribution in [3.05, 3.63) is 34.6 Å². The van der Waals surface area contributed by atoms with Gasteiger partial charge in [0.05, 0.1) is 17.8 Å². The maximum Gasteiger partial charge on any atom is 0.419 e. The molecule has 0 radical (unpaired) electrons. The van der Waals surface area contributed by atoms with Crippen molar-refractivity contribution in [2.24, 2.45) is 0 Å². The first-order chi connectivity index (χ1) is 11.7. The molecule has 1 saturated carbocycles. The Hall–Kier alpha value is -2.42. The molecule has 0 amide bonds. The van der Waals surface area contributed by atoms with Gasteiger partial charge in [-0.1, -0.05) is 0 Å². The molecule has 1 aromatic carbocycles. The maximum atomic E-state index is 14.0. The van der Waals surface area contributed by atoms with Crippen molar-refractivity contribution in [1.82, 2.24) is 10.2 Å². The van der Waals surface area contributed by atoms with Gasteiger partial charge in [0.15, 0.2) is 5.82 Å². The number of anilines is 1. The van der Waals surface area contributed by atoms with Crippen LogP contribution in [-0.4, -0.2) is 20.9 Å². The van der Waals surface area contributed by atoms with Gasteiger partial charge in [0.2, 0.25) is 0 Å². The maximum absolute atomic E-state index is 14.0. The lowest BCUT2D eigenvalue weighted by molar-refractivity contribution is -0.140. The van der Waals surface area contributed by atoms with Crippen LogP contribution in [0.3, 0.4) is 0 Å². The summed E-state index contributed by atoms with van der Waals surface area (Å²) in [5.74, 6) is -2.05. The molecule has 2 aliphatic rings. The number of alkyl halides is 3. The summed E-state index contributed by atoms with van der Waals surface area (Å²) in [4.78, 5) is 0. The highest BCUT2D eigenvalue weighted by molar-refractivity contribution is 5.73. The number of aromatic nitrogens is 2. The third kappa shape index (κ3) is 2.58. The second-order valence-corrected chi connectivity index (χ2v) is 6.39. The molecule has 0 unspecified atom stereocenters. The van der Waals surface area contributed by atoms with Crippen molar-refractivity contribution in [3.63, 3.8) is 0 Å². The van der Waals surface area contributed by atoms with Crippen molar-refractivity contribution in [3.8, 4) is 17.0 Å². The van der Waals surface area contributed by atoms with Gasteiger partial charge in [0.25, 0.3) is 0 Å². The van der Waals surface area contributed by atoms with E-state index in [1.54, 1.807) is 0 Å². The Kier molecular flexibility index (Phi) is 3.24. The number of halogens is 4. The first kappa shape index (κ1) is 16.1. The Morgan fingerprint density at radius 3 is 2.52 bits per heavy atom. The highest BCUT2D eigenvalue weighted by atomic mass is 19.4. The highest BCUT2D eigenvalue weighted by Crippen LogP contribution is 2.49. The van der Waals surface area contributed by atoms with Crippen LogP contribution < -0.4 is 5.73 Å². The number of nitrogens with zero attached hydrogens (tertiary/aromatic N) is 2. The molecule has 4 rings (SSSR count). The fourth-order valence-corrected chi connectivity index (χ4v) is 3.12. The van der Waals surface area contributed by atoms with Crippen LogP contribution in [0.15, 0.2) is 12.1 Å². The van der Waals surface area contributed by atoms with Crippen molar-refractivity contribution in [2.75, 3.05) is 5.73 Å². The van der Waals surface area contributed by atoms with Crippen LogP contribution in [0, 0.1) is 5.82 Å². The summed E-state index contributed by atoms with van der Waals surface area (Å²) in [5.41, 5.74) is 5.14. The Labute approximate surface area is 139 Å². The fourth-order valence-electron chi connectivity index (χ4n) is 3.12. The van der Waals surface area contributed by atoms with Crippen LogP contribution >= 0.6 is 0 Å². The van der Waals surface area contributed by atoms with Crippen molar-refractivity contribution in [2.45, 2.75) is 37.6 Å². The minimum Gasteiger partial charge on any atom is -0.507 e. The Morgan fingerprint density at radius 2 is 1.88 bits per heavy atom. The minimum absolute atomic E-state index is 0.129. The predicted molar refractivity (Wildman–Crippen MR) is 79.0 cm³/mol. The molecule has 0 saturated heterocycles. The zero-order valence-electron chi connectivity index (χ0n) is 12.8. The molecule has 25 heavy (non-hydrogen) atoms. The number of benzene rings is 1. The number of hydrogen-bond acceptors (Lipinski definition) is 5. The Balaban J connectivity index is 1.87. The van der Waals surface area contributed by atoms with Crippen LogP contribution in [0.25, 0.3) is 11.3 Å². The van der Waals surface area contributed by atoms with Gasteiger partial charge in [-0.2, -0.15) is 13.2 Å². The van der Waals surface area contributed by atoms with Gasteiger partial charge in [-0.3, -0.25) is 0 Å². The van der Waals surface area contributed by atoms with Crippen LogP contribution in [0.2, 0.25) is 0 Å². The SMILES string of the molecule is Nc1nnc(-c2cc(F)c(C(F)(F)F)cc2O)c2c1COC1(CC1)C2. The summed E-state index contributed by atoms with van der Waals surface area (Å²) >= 11 is 0. The summed E-state index contributed by atoms with van der Waals surface area (Å²) in [6, 6.07) is 0.995. The molecule has 1 fully saturated rings. The molecule has 1 aliphatic heterocycles. The van der Waals surface area contributed by atoms with E-state index in [0.29, 0.717) is 29.7 Å². The molecule has 2 heterocycles. The smallest absolute Gasteiger partial charge is 0.419 e. The fraction of sp³-hybridized carbons (Fsp3) is 0.375. The predicted octanol–water partition coefficient (Wildman–Crippen LogP) is 3.19. The lowest BCUT2D eigenvalue weighted by Crippen LogP contribution is -2.26. The van der Waals surface area contributed by atoms with Crippen LogP contribution in [-0.2, 0) is 23.9 Å². The number of hydrogen-bond donors (Lipinski definition) is 2. The van der Waals surface area contributed by atoms with Crippen LogP contribution in [0.4, 0.5) is 23.4 Å². The molecule has 2 aromatic rings. The molecule has 5 nitrogen and oxygen atoms in total. The number of rotatable bonds is 1. The van der Waals surface area contributed by atoms with Crippen LogP contribution in [0.5, 0.6) is 5.75 Å². The highest BCUT2D eigenvalue weighted by Gasteiger charge is 2.48. The van der Waals surface area contributed by atoms with Crippen molar-refractivity contribution >= 4 is 5.82 Å². The van der Waals surface area contributed by atoms with E-state index in [1.807, 2.05) is 0 Å². The summed E-state index contributed by atoms with van der Waals surface area (Å²) < 4.78 is 58.1. The zero-order chi connectivity index (χ0) is 18.0. The second kappa shape index (κ2) is 5.04. The van der Waals surface area contributed by atoms with Gasteiger partial charge in [0, 0.05) is 17.5 Å². The van der Waals surface area contributed by atoms with E-state index in [1.165, 1.54) is 0 Å². The van der Waals surface area contributed by atoms with Crippen LogP contribution in [0.1, 0.15) is 29.5 Å². The number of nitrogens with two attached hydrogens (primary N) is 1. The van der Waals surface area contributed by atoms with Gasteiger partial charge >= 0.3 is 6.18 Å². The third-order valence-corrected chi connectivity index (χ3v) is 4.69. The molecular weight excluding hydrogens is 342 g/mol. The number of ether oxygens (including phenoxy) is 1. The number of phenolic OH excluding ortho intramolecular Hbond substituents is 1. The summed E-state index contributed by atoms with van der Waals surface area (Å²) in [5, 5.41) is 17.7. The van der Waals surface area contributed by atoms with E-state index >= 15 is 0 Å². The first-order valence-corrected chi connectivity index (χ1v) is 7.58. The summed E-state index contributed by atoms with van der Waals surface area (Å²) in [6.45, 7) is 0.202. The van der Waals surface area contributed by atoms with Crippen molar-refractivity contribution in [1.29, 1.82) is 0 Å². The Bertz CT molecular complexity index is 879. The standard InChI is InChI=1S/C16H13F4N3O2/c17-11-3-7(12(24)4-10(11)16(18,19)20)13-8-5-15(1-2-15)25-6-9(8)14(21)23-22-13/h3-4,24H,1-2,5-6H2,(H2,21,23). The number of phenols is 1. The third-order valence-electron chi connectivity index (χ3n) is 4.69. The normalized spacial score (nSPS) is 18.2. The van der Waals surface area contributed by atoms with E-state index < -0.39 is 23.3 Å². The van der Waals surface area contributed by atoms with Gasteiger partial charge in [-0.15, -0.1) is 10.2 Å². The van der Waals surface area contributed by atoms with Gasteiger partial charge in [-0.05, 0) is 30.5 Å².